The van der Waals surface area contributed by atoms with E-state index in [1.165, 1.54) is 0 Å². The number of hydrogen-bond acceptors (Lipinski definition) is 2. The zero-order valence-corrected chi connectivity index (χ0v) is 14.6. The van der Waals surface area contributed by atoms with Crippen molar-refractivity contribution >= 4 is 46.4 Å². The number of nitrogens with zero attached hydrogens (tertiary/aromatic N) is 2. The van der Waals surface area contributed by atoms with Crippen LogP contribution in [0.5, 0.6) is 0 Å². The lowest BCUT2D eigenvalue weighted by Gasteiger charge is -2.06. The average Bonchev–Trinajstić information content (AvgIpc) is 2.99. The maximum absolute atomic E-state index is 12.2. The lowest BCUT2D eigenvalue weighted by molar-refractivity contribution is 0.102. The van der Waals surface area contributed by atoms with Crippen LogP contribution in [-0.2, 0) is 6.54 Å². The third-order valence-corrected chi connectivity index (χ3v) is 4.34. The van der Waals surface area contributed by atoms with E-state index in [0.29, 0.717) is 32.9 Å². The summed E-state index contributed by atoms with van der Waals surface area (Å²) >= 11 is 18.1. The van der Waals surface area contributed by atoms with Crippen molar-refractivity contribution in [1.29, 1.82) is 0 Å². The van der Waals surface area contributed by atoms with Gasteiger partial charge in [-0.1, -0.05) is 40.9 Å². The van der Waals surface area contributed by atoms with E-state index in [1.54, 1.807) is 59.5 Å². The number of benzene rings is 2. The van der Waals surface area contributed by atoms with Gasteiger partial charge >= 0.3 is 0 Å². The van der Waals surface area contributed by atoms with Crippen LogP contribution in [0.2, 0.25) is 15.1 Å². The minimum absolute atomic E-state index is 0.234. The summed E-state index contributed by atoms with van der Waals surface area (Å²) in [6.07, 6.45) is 3.28. The Balaban J connectivity index is 1.71. The quantitative estimate of drug-likeness (QED) is 0.681. The van der Waals surface area contributed by atoms with Crippen LogP contribution in [0.25, 0.3) is 0 Å². The van der Waals surface area contributed by atoms with E-state index < -0.39 is 0 Å². The monoisotopic (exact) mass is 379 g/mol. The van der Waals surface area contributed by atoms with Gasteiger partial charge in [-0.2, -0.15) is 5.10 Å². The number of rotatable bonds is 4. The summed E-state index contributed by atoms with van der Waals surface area (Å²) in [4.78, 5) is 12.2. The molecule has 3 rings (SSSR count). The molecule has 0 atom stereocenters. The molecule has 0 unspecified atom stereocenters. The summed E-state index contributed by atoms with van der Waals surface area (Å²) < 4.78 is 1.66. The fourth-order valence-corrected chi connectivity index (χ4v) is 2.81. The lowest BCUT2D eigenvalue weighted by Crippen LogP contribution is -2.11. The molecule has 122 valence electrons. The van der Waals surface area contributed by atoms with Gasteiger partial charge in [-0.05, 0) is 36.4 Å². The van der Waals surface area contributed by atoms with Crippen molar-refractivity contribution in [2.75, 3.05) is 5.32 Å². The number of hydrogen-bond donors (Lipinski definition) is 1. The Hall–Kier alpha value is -2.01. The Morgan fingerprint density at radius 2 is 1.71 bits per heavy atom. The fourth-order valence-electron chi connectivity index (χ4n) is 2.16. The van der Waals surface area contributed by atoms with Crippen molar-refractivity contribution in [3.8, 4) is 0 Å². The van der Waals surface area contributed by atoms with Gasteiger partial charge in [0.15, 0.2) is 0 Å². The van der Waals surface area contributed by atoms with E-state index in [0.717, 1.165) is 5.56 Å². The second-order valence-corrected chi connectivity index (χ2v) is 6.34. The number of nitrogens with one attached hydrogen (secondary N) is 1. The van der Waals surface area contributed by atoms with Gasteiger partial charge in [-0.25, -0.2) is 0 Å². The van der Waals surface area contributed by atoms with Crippen LogP contribution < -0.4 is 5.32 Å². The highest BCUT2D eigenvalue weighted by atomic mass is 35.5. The summed E-state index contributed by atoms with van der Waals surface area (Å²) in [6.45, 7) is 0.412. The van der Waals surface area contributed by atoms with Crippen molar-refractivity contribution in [2.45, 2.75) is 6.54 Å². The maximum atomic E-state index is 12.2. The molecule has 0 aliphatic rings. The van der Waals surface area contributed by atoms with Crippen LogP contribution in [0.4, 0.5) is 5.69 Å². The zero-order valence-electron chi connectivity index (χ0n) is 12.3. The van der Waals surface area contributed by atoms with Crippen LogP contribution in [0, 0.1) is 0 Å². The smallest absolute Gasteiger partial charge is 0.255 e. The molecular weight excluding hydrogens is 369 g/mol. The van der Waals surface area contributed by atoms with E-state index in [1.807, 2.05) is 0 Å². The predicted molar refractivity (Wildman–Crippen MR) is 97.2 cm³/mol. The van der Waals surface area contributed by atoms with Gasteiger partial charge in [0.25, 0.3) is 5.91 Å². The van der Waals surface area contributed by atoms with Gasteiger partial charge in [0, 0.05) is 32.4 Å². The van der Waals surface area contributed by atoms with E-state index in [4.69, 9.17) is 34.8 Å². The molecule has 2 aromatic carbocycles. The van der Waals surface area contributed by atoms with Gasteiger partial charge in [0.05, 0.1) is 18.4 Å². The SMILES string of the molecule is O=C(Nc1cnn(Cc2c(Cl)cccc2Cl)c1)c1ccc(Cl)cc1. The van der Waals surface area contributed by atoms with E-state index in [-0.39, 0.29) is 5.91 Å². The summed E-state index contributed by atoms with van der Waals surface area (Å²) in [5.74, 6) is -0.234. The highest BCUT2D eigenvalue weighted by Crippen LogP contribution is 2.25. The second kappa shape index (κ2) is 7.26. The number of halogens is 3. The summed E-state index contributed by atoms with van der Waals surface area (Å²) in [5, 5.41) is 8.73. The molecule has 0 saturated carbocycles. The minimum atomic E-state index is -0.234. The molecule has 4 nitrogen and oxygen atoms in total. The molecule has 0 aliphatic carbocycles. The standard InChI is InChI=1S/C17H12Cl3N3O/c18-12-6-4-11(5-7-12)17(24)22-13-8-21-23(9-13)10-14-15(19)2-1-3-16(14)20/h1-9H,10H2,(H,22,24). The summed E-state index contributed by atoms with van der Waals surface area (Å²) in [7, 11) is 0. The molecule has 7 heteroatoms. The van der Waals surface area contributed by atoms with Gasteiger partial charge in [0.1, 0.15) is 0 Å². The lowest BCUT2D eigenvalue weighted by atomic mass is 10.2. The molecule has 0 bridgehead atoms. The van der Waals surface area contributed by atoms with Gasteiger partial charge in [-0.3, -0.25) is 9.48 Å². The van der Waals surface area contributed by atoms with Gasteiger partial charge in [0.2, 0.25) is 0 Å². The van der Waals surface area contributed by atoms with Crippen molar-refractivity contribution < 1.29 is 4.79 Å². The molecule has 0 fully saturated rings. The molecule has 0 spiro atoms. The molecule has 0 aliphatic heterocycles. The number of carbonyl (C=O) groups is 1. The second-order valence-electron chi connectivity index (χ2n) is 5.09. The van der Waals surface area contributed by atoms with E-state index in [9.17, 15) is 4.79 Å². The van der Waals surface area contributed by atoms with Crippen molar-refractivity contribution in [3.05, 3.63) is 81.1 Å². The van der Waals surface area contributed by atoms with E-state index >= 15 is 0 Å². The van der Waals surface area contributed by atoms with Crippen LogP contribution in [0.3, 0.4) is 0 Å². The first-order valence-corrected chi connectivity index (χ1v) is 8.18. The first-order valence-electron chi connectivity index (χ1n) is 7.05. The van der Waals surface area contributed by atoms with Crippen LogP contribution in [0.15, 0.2) is 54.9 Å². The summed E-state index contributed by atoms with van der Waals surface area (Å²) in [5.41, 5.74) is 1.87. The first-order chi connectivity index (χ1) is 11.5. The minimum Gasteiger partial charge on any atom is -0.319 e. The van der Waals surface area contributed by atoms with E-state index in [2.05, 4.69) is 10.4 Å². The topological polar surface area (TPSA) is 46.9 Å². The maximum Gasteiger partial charge on any atom is 0.255 e. The fraction of sp³-hybridized carbons (Fsp3) is 0.0588. The molecule has 3 aromatic rings. The molecule has 1 amide bonds. The van der Waals surface area contributed by atoms with Crippen LogP contribution >= 0.6 is 34.8 Å². The van der Waals surface area contributed by atoms with Crippen LogP contribution in [-0.4, -0.2) is 15.7 Å². The Bertz CT molecular complexity index is 855. The number of amides is 1. The average molecular weight is 381 g/mol. The van der Waals surface area contributed by atoms with Gasteiger partial charge < -0.3 is 5.32 Å². The third kappa shape index (κ3) is 3.90. The first kappa shape index (κ1) is 16.8. The van der Waals surface area contributed by atoms with Gasteiger partial charge in [-0.15, -0.1) is 0 Å². The van der Waals surface area contributed by atoms with Crippen molar-refractivity contribution in [1.82, 2.24) is 9.78 Å². The Kier molecular flexibility index (Phi) is 5.09. The Morgan fingerprint density at radius 1 is 1.04 bits per heavy atom. The largest absolute Gasteiger partial charge is 0.319 e. The Labute approximate surface area is 154 Å². The molecule has 24 heavy (non-hydrogen) atoms. The third-order valence-electron chi connectivity index (χ3n) is 3.38. The van der Waals surface area contributed by atoms with Crippen molar-refractivity contribution in [3.63, 3.8) is 0 Å². The molecular formula is C17H12Cl3N3O. The number of carbonyl (C=O) groups excluding carboxylic acids is 1. The molecule has 1 aromatic heterocycles. The summed E-state index contributed by atoms with van der Waals surface area (Å²) in [6, 6.07) is 12.0. The highest BCUT2D eigenvalue weighted by molar-refractivity contribution is 6.36. The number of aromatic nitrogens is 2. The molecule has 1 heterocycles. The molecule has 1 N–H and O–H groups in total. The molecule has 0 radical (unpaired) electrons. The zero-order chi connectivity index (χ0) is 17.1. The van der Waals surface area contributed by atoms with Crippen LogP contribution in [0.1, 0.15) is 15.9 Å². The molecule has 0 saturated heterocycles. The Morgan fingerprint density at radius 3 is 2.38 bits per heavy atom. The normalized spacial score (nSPS) is 10.6. The number of anilines is 1. The predicted octanol–water partition coefficient (Wildman–Crippen LogP) is 5.14. The van der Waals surface area contributed by atoms with Crippen molar-refractivity contribution in [2.24, 2.45) is 0 Å². The highest BCUT2D eigenvalue weighted by Gasteiger charge is 2.10.